The highest BCUT2D eigenvalue weighted by molar-refractivity contribution is 6.39. The molecule has 0 unspecified atom stereocenters. The fourth-order valence-corrected chi connectivity index (χ4v) is 2.97. The minimum Gasteiger partial charge on any atom is -0.308 e. The Bertz CT molecular complexity index is 761. The van der Waals surface area contributed by atoms with Crippen LogP contribution in [0.15, 0.2) is 70.6 Å². The summed E-state index contributed by atoms with van der Waals surface area (Å²) < 4.78 is 0. The zero-order valence-corrected chi connectivity index (χ0v) is 15.5. The van der Waals surface area contributed by atoms with Crippen LogP contribution in [-0.2, 0) is 0 Å². The van der Waals surface area contributed by atoms with Gasteiger partial charge < -0.3 is 4.90 Å². The fraction of sp³-hybridized carbons (Fsp3) is 0.333. The Hall–Kier alpha value is -2.46. The van der Waals surface area contributed by atoms with E-state index in [1.54, 1.807) is 0 Å². The smallest absolute Gasteiger partial charge is 0.128 e. The molecule has 0 atom stereocenters. The minimum atomic E-state index is -0.169. The Morgan fingerprint density at radius 3 is 2.08 bits per heavy atom. The maximum atomic E-state index is 4.92. The van der Waals surface area contributed by atoms with Gasteiger partial charge in [0, 0.05) is 12.2 Å². The first-order chi connectivity index (χ1) is 12.0. The number of rotatable bonds is 5. The van der Waals surface area contributed by atoms with Gasteiger partial charge in [-0.25, -0.2) is 4.99 Å². The first kappa shape index (κ1) is 17.4. The second kappa shape index (κ2) is 7.19. The SMILES string of the molecule is CN(C)CCN=C1N(c2ccccc2)C(=Nc2ccccc2)C1(C)C. The van der Waals surface area contributed by atoms with E-state index in [4.69, 9.17) is 9.98 Å². The quantitative estimate of drug-likeness (QED) is 0.819. The molecule has 1 aliphatic rings. The van der Waals surface area contributed by atoms with Crippen LogP contribution < -0.4 is 4.90 Å². The summed E-state index contributed by atoms with van der Waals surface area (Å²) in [5.41, 5.74) is 1.91. The van der Waals surface area contributed by atoms with Crippen LogP contribution in [0.25, 0.3) is 0 Å². The summed E-state index contributed by atoms with van der Waals surface area (Å²) in [6, 6.07) is 20.5. The average Bonchev–Trinajstić information content (AvgIpc) is 2.61. The number of likely N-dealkylation sites (N-methyl/N-ethyl adjacent to an activating group) is 1. The number of para-hydroxylation sites is 2. The van der Waals surface area contributed by atoms with Crippen molar-refractivity contribution in [3.8, 4) is 0 Å². The molecule has 4 heteroatoms. The van der Waals surface area contributed by atoms with E-state index < -0.39 is 0 Å². The molecule has 0 aliphatic carbocycles. The van der Waals surface area contributed by atoms with Gasteiger partial charge in [0.1, 0.15) is 11.7 Å². The lowest BCUT2D eigenvalue weighted by atomic mass is 9.79. The van der Waals surface area contributed by atoms with E-state index in [-0.39, 0.29) is 5.41 Å². The molecule has 1 fully saturated rings. The minimum absolute atomic E-state index is 0.169. The van der Waals surface area contributed by atoms with Crippen molar-refractivity contribution in [3.63, 3.8) is 0 Å². The summed E-state index contributed by atoms with van der Waals surface area (Å²) in [5.74, 6) is 2.11. The van der Waals surface area contributed by atoms with Crippen molar-refractivity contribution in [2.75, 3.05) is 32.1 Å². The number of aliphatic imine (C=N–C) groups is 2. The van der Waals surface area contributed by atoms with Crippen LogP contribution in [0.1, 0.15) is 13.8 Å². The highest BCUT2D eigenvalue weighted by Crippen LogP contribution is 2.40. The monoisotopic (exact) mass is 334 g/mol. The Morgan fingerprint density at radius 2 is 1.48 bits per heavy atom. The molecule has 130 valence electrons. The Morgan fingerprint density at radius 1 is 0.880 bits per heavy atom. The highest BCUT2D eigenvalue weighted by atomic mass is 15.3. The molecule has 4 nitrogen and oxygen atoms in total. The lowest BCUT2D eigenvalue weighted by Gasteiger charge is -2.49. The van der Waals surface area contributed by atoms with Gasteiger partial charge in [-0.15, -0.1) is 0 Å². The lowest BCUT2D eigenvalue weighted by Crippen LogP contribution is -2.64. The van der Waals surface area contributed by atoms with Gasteiger partial charge in [0.15, 0.2) is 0 Å². The van der Waals surface area contributed by atoms with Gasteiger partial charge in [-0.05, 0) is 52.2 Å². The summed E-state index contributed by atoms with van der Waals surface area (Å²) in [6.07, 6.45) is 0. The molecule has 1 aliphatic heterocycles. The second-order valence-corrected chi connectivity index (χ2v) is 7.08. The Labute approximate surface area is 150 Å². The van der Waals surface area contributed by atoms with Gasteiger partial charge in [-0.2, -0.15) is 0 Å². The zero-order chi connectivity index (χ0) is 17.9. The predicted octanol–water partition coefficient (Wildman–Crippen LogP) is 4.22. The maximum absolute atomic E-state index is 4.92. The van der Waals surface area contributed by atoms with Crippen molar-refractivity contribution in [2.24, 2.45) is 15.4 Å². The molecule has 0 aromatic heterocycles. The molecule has 2 aromatic rings. The van der Waals surface area contributed by atoms with E-state index in [0.29, 0.717) is 0 Å². The van der Waals surface area contributed by atoms with Crippen LogP contribution >= 0.6 is 0 Å². The highest BCUT2D eigenvalue weighted by Gasteiger charge is 2.49. The van der Waals surface area contributed by atoms with E-state index in [0.717, 1.165) is 36.1 Å². The van der Waals surface area contributed by atoms with Crippen LogP contribution in [0, 0.1) is 5.41 Å². The van der Waals surface area contributed by atoms with Crippen LogP contribution in [0.4, 0.5) is 11.4 Å². The van der Waals surface area contributed by atoms with E-state index in [1.165, 1.54) is 0 Å². The largest absolute Gasteiger partial charge is 0.308 e. The van der Waals surface area contributed by atoms with E-state index in [1.807, 2.05) is 36.4 Å². The van der Waals surface area contributed by atoms with Gasteiger partial charge in [0.2, 0.25) is 0 Å². The molecule has 25 heavy (non-hydrogen) atoms. The predicted molar refractivity (Wildman–Crippen MR) is 107 cm³/mol. The molecule has 0 bridgehead atoms. The standard InChI is InChI=1S/C21H26N4/c1-21(2)19(22-15-16-24(3)4)25(18-13-9-6-10-14-18)20(21)23-17-11-7-5-8-12-17/h5-14H,15-16H2,1-4H3. The first-order valence-corrected chi connectivity index (χ1v) is 8.69. The molecule has 0 spiro atoms. The molecule has 0 radical (unpaired) electrons. The molecule has 3 rings (SSSR count). The third kappa shape index (κ3) is 3.64. The molecule has 0 saturated carbocycles. The van der Waals surface area contributed by atoms with Gasteiger partial charge in [-0.1, -0.05) is 36.4 Å². The van der Waals surface area contributed by atoms with Crippen molar-refractivity contribution in [2.45, 2.75) is 13.8 Å². The summed E-state index contributed by atoms with van der Waals surface area (Å²) in [7, 11) is 4.15. The van der Waals surface area contributed by atoms with Crippen molar-refractivity contribution in [3.05, 3.63) is 60.7 Å². The fourth-order valence-electron chi connectivity index (χ4n) is 2.97. The van der Waals surface area contributed by atoms with Crippen molar-refractivity contribution >= 4 is 23.0 Å². The molecular formula is C21H26N4. The Balaban J connectivity index is 1.98. The van der Waals surface area contributed by atoms with Gasteiger partial charge >= 0.3 is 0 Å². The van der Waals surface area contributed by atoms with Crippen LogP contribution in [0.3, 0.4) is 0 Å². The first-order valence-electron chi connectivity index (χ1n) is 8.69. The van der Waals surface area contributed by atoms with Crippen molar-refractivity contribution < 1.29 is 0 Å². The summed E-state index contributed by atoms with van der Waals surface area (Å²) >= 11 is 0. The number of amidine groups is 2. The van der Waals surface area contributed by atoms with Crippen molar-refractivity contribution in [1.82, 2.24) is 4.90 Å². The normalized spacial score (nSPS) is 19.5. The van der Waals surface area contributed by atoms with E-state index >= 15 is 0 Å². The summed E-state index contributed by atoms with van der Waals surface area (Å²) in [5, 5.41) is 0. The van der Waals surface area contributed by atoms with Crippen LogP contribution in [-0.4, -0.2) is 43.8 Å². The number of hydrogen-bond acceptors (Lipinski definition) is 3. The molecule has 2 aromatic carbocycles. The van der Waals surface area contributed by atoms with Crippen LogP contribution in [0.5, 0.6) is 0 Å². The van der Waals surface area contributed by atoms with Crippen LogP contribution in [0.2, 0.25) is 0 Å². The maximum Gasteiger partial charge on any atom is 0.128 e. The molecule has 1 heterocycles. The van der Waals surface area contributed by atoms with E-state index in [9.17, 15) is 0 Å². The third-order valence-corrected chi connectivity index (χ3v) is 4.36. The topological polar surface area (TPSA) is 31.2 Å². The van der Waals surface area contributed by atoms with Gasteiger partial charge in [-0.3, -0.25) is 9.89 Å². The molecular weight excluding hydrogens is 308 g/mol. The third-order valence-electron chi connectivity index (χ3n) is 4.36. The number of hydrogen-bond donors (Lipinski definition) is 0. The van der Waals surface area contributed by atoms with Gasteiger partial charge in [0.05, 0.1) is 17.6 Å². The summed E-state index contributed by atoms with van der Waals surface area (Å²) in [4.78, 5) is 14.1. The summed E-state index contributed by atoms with van der Waals surface area (Å²) in [6.45, 7) is 6.12. The number of nitrogens with zero attached hydrogens (tertiary/aromatic N) is 4. The van der Waals surface area contributed by atoms with Crippen molar-refractivity contribution in [1.29, 1.82) is 0 Å². The lowest BCUT2D eigenvalue weighted by molar-refractivity contribution is 0.419. The second-order valence-electron chi connectivity index (χ2n) is 7.08. The number of benzene rings is 2. The Kier molecular flexibility index (Phi) is 5.00. The van der Waals surface area contributed by atoms with Gasteiger partial charge in [0.25, 0.3) is 0 Å². The zero-order valence-electron chi connectivity index (χ0n) is 15.5. The number of anilines is 1. The van der Waals surface area contributed by atoms with E-state index in [2.05, 4.69) is 62.0 Å². The molecule has 0 N–H and O–H groups in total. The molecule has 0 amide bonds. The molecule has 1 saturated heterocycles. The average molecular weight is 334 g/mol.